The van der Waals surface area contributed by atoms with Crippen molar-refractivity contribution in [3.8, 4) is 0 Å². The summed E-state index contributed by atoms with van der Waals surface area (Å²) >= 11 is -5.16. The van der Waals surface area contributed by atoms with Crippen molar-refractivity contribution in [3.63, 3.8) is 0 Å². The molecule has 1 N–H and O–H groups in total. The van der Waals surface area contributed by atoms with E-state index in [-0.39, 0.29) is 40.7 Å². The number of hydrogen-bond donors (Lipinski definition) is 1. The van der Waals surface area contributed by atoms with Crippen LogP contribution in [-0.2, 0) is 25.8 Å². The Morgan fingerprint density at radius 3 is 2.39 bits per heavy atom. The van der Waals surface area contributed by atoms with Crippen LogP contribution in [0.15, 0.2) is 42.5 Å². The van der Waals surface area contributed by atoms with E-state index in [4.69, 9.17) is 3.07 Å². The van der Waals surface area contributed by atoms with Gasteiger partial charge in [-0.15, -0.1) is 0 Å². The van der Waals surface area contributed by atoms with Gasteiger partial charge in [0, 0.05) is 0 Å². The van der Waals surface area contributed by atoms with Crippen LogP contribution in [0.2, 0.25) is 0 Å². The molecule has 0 spiro atoms. The molecule has 2 aromatic carbocycles. The summed E-state index contributed by atoms with van der Waals surface area (Å²) in [5.74, 6) is -1.90. The summed E-state index contributed by atoms with van der Waals surface area (Å²) in [5, 5.41) is -0.701. The Labute approximate surface area is 211 Å². The minimum atomic E-state index is -5.16. The summed E-state index contributed by atoms with van der Waals surface area (Å²) < 4.78 is 116. The van der Waals surface area contributed by atoms with Gasteiger partial charge in [0.2, 0.25) is 0 Å². The molecule has 2 aliphatic rings. The zero-order chi connectivity index (χ0) is 26.5. The Hall–Kier alpha value is -1.51. The Bertz CT molecular complexity index is 1280. The van der Waals surface area contributed by atoms with Crippen molar-refractivity contribution in [2.45, 2.75) is 59.9 Å². The van der Waals surface area contributed by atoms with Gasteiger partial charge in [0.05, 0.1) is 0 Å². The van der Waals surface area contributed by atoms with Crippen LogP contribution in [0.4, 0.5) is 22.0 Å². The Balaban J connectivity index is 1.88. The zero-order valence-corrected chi connectivity index (χ0v) is 22.6. The molecule has 1 heterocycles. The van der Waals surface area contributed by atoms with E-state index in [1.165, 1.54) is 7.11 Å². The maximum absolute atomic E-state index is 15.3. The Morgan fingerprint density at radius 1 is 1.14 bits per heavy atom. The maximum atomic E-state index is 15.3. The summed E-state index contributed by atoms with van der Waals surface area (Å²) in [6.07, 6.45) is -3.81. The van der Waals surface area contributed by atoms with Crippen LogP contribution in [0.1, 0.15) is 50.2 Å². The monoisotopic (exact) mass is 647 g/mol. The average Bonchev–Trinajstić information content (AvgIpc) is 2.83. The molecule has 0 aromatic heterocycles. The van der Waals surface area contributed by atoms with Crippen LogP contribution < -0.4 is 4.72 Å². The predicted octanol–water partition coefficient (Wildman–Crippen LogP) is 6.27. The molecule has 1 saturated carbocycles. The SMILES string of the molecule is CC[C@H]1C[C@@H]2C[C@](c3cc(F)ccc3F)(I(=O)(OC)c3ccc(C(F)(F)F)cc3)CC[C@@H]2NS1(=O)=O. The number of rotatable bonds is 5. The molecule has 5 nitrogen and oxygen atoms in total. The molecule has 0 amide bonds. The van der Waals surface area contributed by atoms with Crippen molar-refractivity contribution < 1.29 is 36.5 Å². The molecule has 0 radical (unpaired) electrons. The number of halogens is 6. The first-order valence-corrected chi connectivity index (χ1v) is 16.9. The first kappa shape index (κ1) is 27.5. The third kappa shape index (κ3) is 4.62. The predicted molar refractivity (Wildman–Crippen MR) is 132 cm³/mol. The van der Waals surface area contributed by atoms with E-state index in [9.17, 15) is 29.0 Å². The molecule has 1 unspecified atom stereocenters. The van der Waals surface area contributed by atoms with Gasteiger partial charge in [0.25, 0.3) is 0 Å². The molecular formula is C24H27F5INO4S. The number of sulfonamides is 1. The van der Waals surface area contributed by atoms with Crippen molar-refractivity contribution in [3.05, 3.63) is 68.8 Å². The number of alkyl halides is 4. The van der Waals surface area contributed by atoms with Gasteiger partial charge in [0.1, 0.15) is 0 Å². The van der Waals surface area contributed by atoms with Crippen LogP contribution >= 0.6 is 18.8 Å². The van der Waals surface area contributed by atoms with E-state index >= 15 is 4.39 Å². The zero-order valence-electron chi connectivity index (χ0n) is 19.6. The molecule has 200 valence electrons. The molecule has 1 aliphatic heterocycles. The molecule has 5 atom stereocenters. The van der Waals surface area contributed by atoms with Gasteiger partial charge >= 0.3 is 212 Å². The molecular weight excluding hydrogens is 620 g/mol. The van der Waals surface area contributed by atoms with Crippen molar-refractivity contribution >= 4 is 28.9 Å². The number of hydrogen-bond acceptors (Lipinski definition) is 4. The first-order chi connectivity index (χ1) is 16.8. The summed E-state index contributed by atoms with van der Waals surface area (Å²) in [6.45, 7) is 1.74. The van der Waals surface area contributed by atoms with Crippen LogP contribution in [0.5, 0.6) is 0 Å². The number of benzene rings is 2. The van der Waals surface area contributed by atoms with Gasteiger partial charge in [0.15, 0.2) is 0 Å². The topological polar surface area (TPSA) is 72.5 Å². The van der Waals surface area contributed by atoms with E-state index in [1.807, 2.05) is 0 Å². The van der Waals surface area contributed by atoms with Crippen LogP contribution in [0, 0.1) is 21.1 Å². The molecule has 2 aromatic rings. The third-order valence-electron chi connectivity index (χ3n) is 7.35. The van der Waals surface area contributed by atoms with Gasteiger partial charge in [-0.25, -0.2) is 0 Å². The number of nitrogens with one attached hydrogen (secondary N) is 1. The quantitative estimate of drug-likeness (QED) is 0.236. The standard InChI is InChI=1S/C24H27F5INO4S/c1-3-19-12-15-14-23(11-10-22(15)31-36(19,33)34,20-13-17(25)6-9-21(20)26)30(32,35-2)18-7-4-16(5-8-18)24(27,28)29/h4-9,13,15,19,22,31H,3,10-12,14H2,1-2H3/t15-,19+,22+,23-/m1/s1. The molecule has 2 fully saturated rings. The molecule has 1 saturated heterocycles. The van der Waals surface area contributed by atoms with E-state index in [2.05, 4.69) is 4.72 Å². The van der Waals surface area contributed by atoms with Crippen molar-refractivity contribution in [2.75, 3.05) is 7.11 Å². The fourth-order valence-electron chi connectivity index (χ4n) is 5.54. The fourth-order valence-corrected chi connectivity index (χ4v) is 14.6. The summed E-state index contributed by atoms with van der Waals surface area (Å²) in [4.78, 5) is 0. The van der Waals surface area contributed by atoms with E-state index in [0.717, 1.165) is 42.5 Å². The van der Waals surface area contributed by atoms with Gasteiger partial charge in [-0.3, -0.25) is 0 Å². The second-order valence-electron chi connectivity index (χ2n) is 9.25. The fraction of sp³-hybridized carbons (Fsp3) is 0.500. The Morgan fingerprint density at radius 2 is 1.81 bits per heavy atom. The molecule has 4 rings (SSSR count). The second kappa shape index (κ2) is 9.66. The van der Waals surface area contributed by atoms with Gasteiger partial charge in [-0.2, -0.15) is 0 Å². The van der Waals surface area contributed by atoms with Crippen LogP contribution in [0.3, 0.4) is 0 Å². The molecule has 1 aliphatic carbocycles. The summed E-state index contributed by atoms with van der Waals surface area (Å²) in [5.41, 5.74) is -1.09. The van der Waals surface area contributed by atoms with Gasteiger partial charge in [-0.05, 0) is 0 Å². The van der Waals surface area contributed by atoms with Crippen LogP contribution in [-0.4, -0.2) is 26.8 Å². The van der Waals surface area contributed by atoms with E-state index in [0.29, 0.717) is 6.42 Å². The first-order valence-electron chi connectivity index (χ1n) is 11.4. The summed E-state index contributed by atoms with van der Waals surface area (Å²) in [6, 6.07) is 6.13. The Kier molecular flexibility index (Phi) is 7.39. The minimum absolute atomic E-state index is 0.00283. The van der Waals surface area contributed by atoms with Gasteiger partial charge < -0.3 is 0 Å². The van der Waals surface area contributed by atoms with Crippen molar-refractivity contribution in [1.82, 2.24) is 4.72 Å². The van der Waals surface area contributed by atoms with Crippen molar-refractivity contribution in [1.29, 1.82) is 0 Å². The van der Waals surface area contributed by atoms with Crippen LogP contribution in [0.25, 0.3) is 0 Å². The third-order valence-corrected chi connectivity index (χ3v) is 17.3. The molecule has 12 heteroatoms. The van der Waals surface area contributed by atoms with Gasteiger partial charge in [-0.1, -0.05) is 0 Å². The second-order valence-corrected chi connectivity index (χ2v) is 18.1. The number of fused-ring (bicyclic) bond motifs is 1. The molecule has 36 heavy (non-hydrogen) atoms. The van der Waals surface area contributed by atoms with E-state index < -0.39 is 66.9 Å². The summed E-state index contributed by atoms with van der Waals surface area (Å²) in [7, 11) is -2.39. The average molecular weight is 647 g/mol. The normalized spacial score (nSPS) is 30.7. The van der Waals surface area contributed by atoms with Crippen molar-refractivity contribution in [2.24, 2.45) is 5.92 Å². The van der Waals surface area contributed by atoms with E-state index in [1.54, 1.807) is 6.92 Å². The molecule has 0 bridgehead atoms.